The van der Waals surface area contributed by atoms with E-state index in [9.17, 15) is 9.59 Å². The molecule has 0 unspecified atom stereocenters. The van der Waals surface area contributed by atoms with Gasteiger partial charge in [-0.1, -0.05) is 18.1 Å². The summed E-state index contributed by atoms with van der Waals surface area (Å²) in [7, 11) is 1.50. The van der Waals surface area contributed by atoms with Crippen LogP contribution in [0.15, 0.2) is 47.6 Å². The summed E-state index contributed by atoms with van der Waals surface area (Å²) in [5, 5.41) is 6.49. The van der Waals surface area contributed by atoms with E-state index in [2.05, 4.69) is 21.8 Å². The smallest absolute Gasteiger partial charge is 0.249 e. The molecule has 8 nitrogen and oxygen atoms in total. The van der Waals surface area contributed by atoms with E-state index in [1.807, 2.05) is 6.92 Å². The SMILES string of the molecule is C#CCOc1ccc(C=NNC(=O)CC(=O)Nc2ccccc2OC)cc1OCC. The first-order chi connectivity index (χ1) is 14.6. The Kier molecular flexibility index (Phi) is 8.74. The number of ether oxygens (including phenoxy) is 3. The van der Waals surface area contributed by atoms with Crippen LogP contribution in [0.4, 0.5) is 5.69 Å². The number of carbonyl (C=O) groups excluding carboxylic acids is 2. The molecule has 0 bridgehead atoms. The summed E-state index contributed by atoms with van der Waals surface area (Å²) in [4.78, 5) is 24.0. The summed E-state index contributed by atoms with van der Waals surface area (Å²) >= 11 is 0. The lowest BCUT2D eigenvalue weighted by Gasteiger charge is -2.10. The van der Waals surface area contributed by atoms with Gasteiger partial charge in [-0.25, -0.2) is 5.43 Å². The summed E-state index contributed by atoms with van der Waals surface area (Å²) in [6.45, 7) is 2.42. The maximum atomic E-state index is 12.0. The number of amides is 2. The molecular formula is C22H23N3O5. The van der Waals surface area contributed by atoms with E-state index < -0.39 is 18.2 Å². The molecule has 0 saturated carbocycles. The third-order valence-corrected chi connectivity index (χ3v) is 3.68. The Labute approximate surface area is 175 Å². The molecule has 30 heavy (non-hydrogen) atoms. The molecule has 8 heteroatoms. The highest BCUT2D eigenvalue weighted by Gasteiger charge is 2.11. The molecule has 0 aromatic heterocycles. The minimum absolute atomic E-state index is 0.125. The van der Waals surface area contributed by atoms with E-state index in [0.717, 1.165) is 0 Å². The average molecular weight is 409 g/mol. The summed E-state index contributed by atoms with van der Waals surface area (Å²) in [5.74, 6) is 2.88. The second-order valence-corrected chi connectivity index (χ2v) is 5.85. The van der Waals surface area contributed by atoms with Gasteiger partial charge in [0.05, 0.1) is 25.6 Å². The average Bonchev–Trinajstić information content (AvgIpc) is 2.73. The molecule has 0 spiro atoms. The van der Waals surface area contributed by atoms with E-state index in [0.29, 0.717) is 35.1 Å². The molecule has 0 atom stereocenters. The van der Waals surface area contributed by atoms with Crippen molar-refractivity contribution in [2.75, 3.05) is 25.6 Å². The van der Waals surface area contributed by atoms with Crippen LogP contribution < -0.4 is 25.0 Å². The first-order valence-corrected chi connectivity index (χ1v) is 9.15. The van der Waals surface area contributed by atoms with Crippen molar-refractivity contribution < 1.29 is 23.8 Å². The molecule has 2 aromatic rings. The van der Waals surface area contributed by atoms with E-state index in [1.54, 1.807) is 42.5 Å². The van der Waals surface area contributed by atoms with Crippen LogP contribution in [-0.2, 0) is 9.59 Å². The van der Waals surface area contributed by atoms with Crippen molar-refractivity contribution in [1.82, 2.24) is 5.43 Å². The van der Waals surface area contributed by atoms with Gasteiger partial charge >= 0.3 is 0 Å². The highest BCUT2D eigenvalue weighted by atomic mass is 16.5. The zero-order valence-corrected chi connectivity index (χ0v) is 16.8. The van der Waals surface area contributed by atoms with E-state index >= 15 is 0 Å². The van der Waals surface area contributed by atoms with Gasteiger partial charge in [0.1, 0.15) is 18.8 Å². The van der Waals surface area contributed by atoms with Crippen molar-refractivity contribution in [2.24, 2.45) is 5.10 Å². The molecule has 0 aliphatic carbocycles. The van der Waals surface area contributed by atoms with Crippen LogP contribution >= 0.6 is 0 Å². The molecule has 0 saturated heterocycles. The third kappa shape index (κ3) is 6.87. The molecule has 2 rings (SSSR count). The van der Waals surface area contributed by atoms with Crippen LogP contribution in [0.25, 0.3) is 0 Å². The van der Waals surface area contributed by atoms with E-state index in [4.69, 9.17) is 20.6 Å². The van der Waals surface area contributed by atoms with Gasteiger partial charge in [-0.2, -0.15) is 5.10 Å². The summed E-state index contributed by atoms with van der Waals surface area (Å²) in [6.07, 6.45) is 6.25. The van der Waals surface area contributed by atoms with Gasteiger partial charge in [-0.05, 0) is 42.8 Å². The topological polar surface area (TPSA) is 98.2 Å². The maximum Gasteiger partial charge on any atom is 0.249 e. The van der Waals surface area contributed by atoms with Crippen molar-refractivity contribution in [3.63, 3.8) is 0 Å². The molecule has 0 aliphatic heterocycles. The fourth-order valence-electron chi connectivity index (χ4n) is 2.42. The Balaban J connectivity index is 1.91. The Hall–Kier alpha value is -3.99. The van der Waals surface area contributed by atoms with Crippen LogP contribution in [0.2, 0.25) is 0 Å². The Morgan fingerprint density at radius 2 is 1.90 bits per heavy atom. The molecule has 156 valence electrons. The van der Waals surface area contributed by atoms with Crippen LogP contribution in [0.1, 0.15) is 18.9 Å². The van der Waals surface area contributed by atoms with E-state index in [-0.39, 0.29) is 6.61 Å². The molecule has 0 aliphatic rings. The van der Waals surface area contributed by atoms with Crippen LogP contribution in [0.5, 0.6) is 17.2 Å². The number of benzene rings is 2. The number of hydrazone groups is 1. The predicted octanol–water partition coefficient (Wildman–Crippen LogP) is 2.58. The number of terminal acetylenes is 1. The number of anilines is 1. The molecule has 2 amide bonds. The number of hydrogen-bond donors (Lipinski definition) is 2. The minimum Gasteiger partial charge on any atom is -0.495 e. The lowest BCUT2D eigenvalue weighted by atomic mass is 10.2. The molecule has 0 fully saturated rings. The Morgan fingerprint density at radius 1 is 1.10 bits per heavy atom. The van der Waals surface area contributed by atoms with Gasteiger partial charge in [-0.3, -0.25) is 9.59 Å². The first-order valence-electron chi connectivity index (χ1n) is 9.15. The van der Waals surface area contributed by atoms with Gasteiger partial charge in [0.2, 0.25) is 11.8 Å². The fraction of sp³-hybridized carbons (Fsp3) is 0.227. The van der Waals surface area contributed by atoms with Crippen molar-refractivity contribution in [3.05, 3.63) is 48.0 Å². The number of methoxy groups -OCH3 is 1. The van der Waals surface area contributed by atoms with Crippen LogP contribution in [0, 0.1) is 12.3 Å². The van der Waals surface area contributed by atoms with Crippen molar-refractivity contribution >= 4 is 23.7 Å². The van der Waals surface area contributed by atoms with Gasteiger partial charge in [-0.15, -0.1) is 6.42 Å². The van der Waals surface area contributed by atoms with Crippen LogP contribution in [0.3, 0.4) is 0 Å². The van der Waals surface area contributed by atoms with Crippen molar-refractivity contribution in [3.8, 4) is 29.6 Å². The summed E-state index contributed by atoms with van der Waals surface area (Å²) in [6, 6.07) is 12.1. The summed E-state index contributed by atoms with van der Waals surface area (Å²) < 4.78 is 16.1. The quantitative estimate of drug-likeness (QED) is 0.272. The Morgan fingerprint density at radius 3 is 2.63 bits per heavy atom. The zero-order valence-electron chi connectivity index (χ0n) is 16.8. The molecule has 0 heterocycles. The third-order valence-electron chi connectivity index (χ3n) is 3.68. The fourth-order valence-corrected chi connectivity index (χ4v) is 2.42. The van der Waals surface area contributed by atoms with Gasteiger partial charge in [0.15, 0.2) is 11.5 Å². The molecule has 2 N–H and O–H groups in total. The highest BCUT2D eigenvalue weighted by molar-refractivity contribution is 6.04. The monoisotopic (exact) mass is 409 g/mol. The number of nitrogens with one attached hydrogen (secondary N) is 2. The lowest BCUT2D eigenvalue weighted by Crippen LogP contribution is -2.24. The van der Waals surface area contributed by atoms with Crippen molar-refractivity contribution in [1.29, 1.82) is 0 Å². The maximum absolute atomic E-state index is 12.0. The molecular weight excluding hydrogens is 386 g/mol. The largest absolute Gasteiger partial charge is 0.495 e. The van der Waals surface area contributed by atoms with E-state index in [1.165, 1.54) is 13.3 Å². The molecule has 0 radical (unpaired) electrons. The van der Waals surface area contributed by atoms with Gasteiger partial charge in [0.25, 0.3) is 0 Å². The van der Waals surface area contributed by atoms with Crippen LogP contribution in [-0.4, -0.2) is 38.4 Å². The van der Waals surface area contributed by atoms with Gasteiger partial charge in [0, 0.05) is 0 Å². The second kappa shape index (κ2) is 11.8. The zero-order chi connectivity index (χ0) is 21.8. The number of hydrogen-bond acceptors (Lipinski definition) is 6. The second-order valence-electron chi connectivity index (χ2n) is 5.85. The highest BCUT2D eigenvalue weighted by Crippen LogP contribution is 2.28. The first kappa shape index (κ1) is 22.3. The number of rotatable bonds is 10. The number of para-hydroxylation sites is 2. The van der Waals surface area contributed by atoms with Crippen molar-refractivity contribution in [2.45, 2.75) is 13.3 Å². The standard InChI is InChI=1S/C22H23N3O5/c1-4-12-30-19-11-10-16(13-20(19)29-5-2)15-23-25-22(27)14-21(26)24-17-8-6-7-9-18(17)28-3/h1,6-11,13,15H,5,12,14H2,2-3H3,(H,24,26)(H,25,27). The molecule has 2 aromatic carbocycles. The normalized spacial score (nSPS) is 10.2. The predicted molar refractivity (Wildman–Crippen MR) is 114 cm³/mol. The minimum atomic E-state index is -0.558. The Bertz CT molecular complexity index is 950. The lowest BCUT2D eigenvalue weighted by molar-refractivity contribution is -0.126. The summed E-state index contributed by atoms with van der Waals surface area (Å²) in [5.41, 5.74) is 3.47. The van der Waals surface area contributed by atoms with Gasteiger partial charge < -0.3 is 19.5 Å². The number of nitrogens with zero attached hydrogens (tertiary/aromatic N) is 1. The number of carbonyl (C=O) groups is 2.